The van der Waals surface area contributed by atoms with E-state index in [9.17, 15) is 9.90 Å². The number of anilines is 3. The van der Waals surface area contributed by atoms with Crippen LogP contribution >= 0.6 is 24.8 Å². The molecule has 1 amide bonds. The number of nitrogens with one attached hydrogen (secondary N) is 1. The number of aliphatic hydroxyl groups is 1. The number of hydrogen-bond donors (Lipinski definition) is 2. The molecule has 1 atom stereocenters. The molecule has 1 aliphatic carbocycles. The Morgan fingerprint density at radius 1 is 1.12 bits per heavy atom. The van der Waals surface area contributed by atoms with E-state index in [-0.39, 0.29) is 31.2 Å². The predicted octanol–water partition coefficient (Wildman–Crippen LogP) is 2.33. The van der Waals surface area contributed by atoms with E-state index in [2.05, 4.69) is 15.2 Å². The van der Waals surface area contributed by atoms with Crippen LogP contribution in [0.15, 0.2) is 16.7 Å². The van der Waals surface area contributed by atoms with Crippen molar-refractivity contribution in [2.24, 2.45) is 0 Å². The van der Waals surface area contributed by atoms with Gasteiger partial charge in [0.1, 0.15) is 6.26 Å². The second kappa shape index (κ2) is 9.09. The van der Waals surface area contributed by atoms with E-state index < -0.39 is 0 Å². The van der Waals surface area contributed by atoms with Gasteiger partial charge >= 0.3 is 0 Å². The van der Waals surface area contributed by atoms with Crippen molar-refractivity contribution >= 4 is 57.9 Å². The van der Waals surface area contributed by atoms with Gasteiger partial charge in [-0.25, -0.2) is 4.98 Å². The van der Waals surface area contributed by atoms with Gasteiger partial charge in [-0.2, -0.15) is 23.5 Å². The van der Waals surface area contributed by atoms with Crippen molar-refractivity contribution in [2.45, 2.75) is 31.3 Å². The number of carbonyl (C=O) groups excluding carboxylic acids is 1. The maximum absolute atomic E-state index is 12.9. The zero-order valence-electron chi connectivity index (χ0n) is 18.0. The van der Waals surface area contributed by atoms with E-state index in [1.54, 1.807) is 11.3 Å². The van der Waals surface area contributed by atoms with Gasteiger partial charge in [-0.1, -0.05) is 11.3 Å². The Kier molecular flexibility index (Phi) is 6.16. The molecule has 3 aliphatic rings. The summed E-state index contributed by atoms with van der Waals surface area (Å²) in [6, 6.07) is 2.34. The summed E-state index contributed by atoms with van der Waals surface area (Å²) in [5, 5.41) is 13.7. The highest BCUT2D eigenvalue weighted by atomic mass is 32.1. The number of amides is 1. The number of rotatable bonds is 5. The zero-order chi connectivity index (χ0) is 21.7. The minimum absolute atomic E-state index is 0. The standard InChI is InChI=1S/C21H24N6O4S.H2S/c28-13-3-4-27(10-13)20-23-15(11-31-20)19(29)22-14-9-16-18(24-17(14)12-1-2-12)25-21(32-16)26-5-7-30-8-6-26;/h9,11-13,28H,1-8,10H2,(H,22,29);1H2/t13-;/m0./s1. The lowest BCUT2D eigenvalue weighted by atomic mass is 10.2. The zero-order valence-corrected chi connectivity index (χ0v) is 19.8. The molecule has 6 rings (SSSR count). The first-order chi connectivity index (χ1) is 15.6. The van der Waals surface area contributed by atoms with Crippen LogP contribution in [0.4, 0.5) is 16.8 Å². The fourth-order valence-corrected chi connectivity index (χ4v) is 5.14. The largest absolute Gasteiger partial charge is 0.431 e. The fourth-order valence-electron chi connectivity index (χ4n) is 4.14. The molecule has 0 unspecified atom stereocenters. The summed E-state index contributed by atoms with van der Waals surface area (Å²) in [5.41, 5.74) is 2.54. The highest BCUT2D eigenvalue weighted by molar-refractivity contribution is 7.59. The van der Waals surface area contributed by atoms with Crippen LogP contribution < -0.4 is 15.1 Å². The van der Waals surface area contributed by atoms with Gasteiger partial charge in [0.2, 0.25) is 0 Å². The Hall–Kier alpha value is -2.41. The van der Waals surface area contributed by atoms with Crippen LogP contribution in [0.3, 0.4) is 0 Å². The van der Waals surface area contributed by atoms with Gasteiger partial charge in [0, 0.05) is 32.1 Å². The number of nitrogens with zero attached hydrogens (tertiary/aromatic N) is 5. The topological polar surface area (TPSA) is 117 Å². The summed E-state index contributed by atoms with van der Waals surface area (Å²) >= 11 is 1.58. The lowest BCUT2D eigenvalue weighted by molar-refractivity contribution is 0.102. The van der Waals surface area contributed by atoms with E-state index in [0.717, 1.165) is 47.1 Å². The van der Waals surface area contributed by atoms with E-state index in [4.69, 9.17) is 19.1 Å². The molecule has 3 aromatic rings. The van der Waals surface area contributed by atoms with Gasteiger partial charge in [0.15, 0.2) is 16.5 Å². The highest BCUT2D eigenvalue weighted by Gasteiger charge is 2.31. The maximum atomic E-state index is 12.9. The second-order valence-electron chi connectivity index (χ2n) is 8.47. The van der Waals surface area contributed by atoms with Crippen LogP contribution in [-0.2, 0) is 4.74 Å². The minimum Gasteiger partial charge on any atom is -0.431 e. The van der Waals surface area contributed by atoms with Gasteiger partial charge in [0.25, 0.3) is 11.9 Å². The Labute approximate surface area is 201 Å². The van der Waals surface area contributed by atoms with Gasteiger partial charge in [-0.15, -0.1) is 0 Å². The Morgan fingerprint density at radius 3 is 2.67 bits per heavy atom. The van der Waals surface area contributed by atoms with Crippen molar-refractivity contribution in [3.63, 3.8) is 0 Å². The molecular weight excluding hydrogens is 464 g/mol. The average molecular weight is 491 g/mol. The summed E-state index contributed by atoms with van der Waals surface area (Å²) in [7, 11) is 0. The highest BCUT2D eigenvalue weighted by Crippen LogP contribution is 2.44. The van der Waals surface area contributed by atoms with Crippen LogP contribution in [-0.4, -0.2) is 71.5 Å². The third-order valence-corrected chi connectivity index (χ3v) is 7.11. The van der Waals surface area contributed by atoms with Gasteiger partial charge in [-0.05, 0) is 25.3 Å². The van der Waals surface area contributed by atoms with Crippen LogP contribution in [0.1, 0.15) is 41.4 Å². The number of β-amino-alcohol motifs (C(OH)–C–C–N with tert-alkyl or cyclic N) is 1. The average Bonchev–Trinajstić information content (AvgIpc) is 3.19. The van der Waals surface area contributed by atoms with Crippen LogP contribution in [0.25, 0.3) is 10.3 Å². The van der Waals surface area contributed by atoms with Crippen molar-refractivity contribution in [1.82, 2.24) is 15.0 Å². The van der Waals surface area contributed by atoms with Crippen molar-refractivity contribution in [3.8, 4) is 0 Å². The fraction of sp³-hybridized carbons (Fsp3) is 0.524. The molecule has 2 saturated heterocycles. The van der Waals surface area contributed by atoms with Gasteiger partial charge < -0.3 is 29.4 Å². The molecule has 0 radical (unpaired) electrons. The van der Waals surface area contributed by atoms with E-state index in [0.29, 0.717) is 50.3 Å². The number of fused-ring (bicyclic) bond motifs is 1. The smallest absolute Gasteiger partial charge is 0.298 e. The number of carbonyl (C=O) groups is 1. The minimum atomic E-state index is -0.389. The molecule has 2 aliphatic heterocycles. The Balaban J connectivity index is 0.00000228. The van der Waals surface area contributed by atoms with Crippen LogP contribution in [0.5, 0.6) is 0 Å². The van der Waals surface area contributed by atoms with E-state index in [1.165, 1.54) is 6.26 Å². The number of morpholine rings is 1. The Morgan fingerprint density at radius 2 is 1.94 bits per heavy atom. The van der Waals surface area contributed by atoms with Crippen molar-refractivity contribution in [3.05, 3.63) is 23.7 Å². The molecule has 10 nitrogen and oxygen atoms in total. The molecule has 0 spiro atoms. The van der Waals surface area contributed by atoms with Crippen molar-refractivity contribution < 1.29 is 19.1 Å². The third-order valence-electron chi connectivity index (χ3n) is 6.05. The number of aromatic nitrogens is 3. The van der Waals surface area contributed by atoms with Crippen molar-refractivity contribution in [2.75, 3.05) is 54.5 Å². The molecular formula is C21H26N6O4S2. The van der Waals surface area contributed by atoms with Crippen molar-refractivity contribution in [1.29, 1.82) is 0 Å². The number of pyridine rings is 1. The summed E-state index contributed by atoms with van der Waals surface area (Å²) < 4.78 is 11.9. The summed E-state index contributed by atoms with van der Waals surface area (Å²) in [4.78, 5) is 30.9. The third kappa shape index (κ3) is 4.52. The van der Waals surface area contributed by atoms with E-state index in [1.807, 2.05) is 11.0 Å². The lowest BCUT2D eigenvalue weighted by Crippen LogP contribution is -2.36. The first-order valence-corrected chi connectivity index (χ1v) is 11.8. The quantitative estimate of drug-likeness (QED) is 0.556. The summed E-state index contributed by atoms with van der Waals surface area (Å²) in [6.07, 6.45) is 3.77. The molecule has 33 heavy (non-hydrogen) atoms. The van der Waals surface area contributed by atoms with Gasteiger partial charge in [0.05, 0.1) is 35.4 Å². The normalized spacial score (nSPS) is 20.8. The number of aliphatic hydroxyl groups excluding tert-OH is 1. The monoisotopic (exact) mass is 490 g/mol. The SMILES string of the molecule is O=C(Nc1cc2sc(N3CCOCC3)nc2nc1C1CC1)c1coc(N2CC[C@H](O)C2)n1.S. The molecule has 12 heteroatoms. The maximum Gasteiger partial charge on any atom is 0.298 e. The molecule has 3 aromatic heterocycles. The molecule has 5 heterocycles. The number of thiazole rings is 1. The summed E-state index contributed by atoms with van der Waals surface area (Å²) in [5.74, 6) is 0.0166. The molecule has 0 bridgehead atoms. The number of ether oxygens (including phenoxy) is 1. The number of oxazole rings is 1. The Bertz CT molecular complexity index is 1160. The van der Waals surface area contributed by atoms with Crippen LogP contribution in [0, 0.1) is 0 Å². The molecule has 3 fully saturated rings. The lowest BCUT2D eigenvalue weighted by Gasteiger charge is -2.25. The van der Waals surface area contributed by atoms with Gasteiger partial charge in [-0.3, -0.25) is 4.79 Å². The number of hydrogen-bond acceptors (Lipinski definition) is 10. The molecule has 0 aromatic carbocycles. The molecule has 1 saturated carbocycles. The first-order valence-electron chi connectivity index (χ1n) is 11.0. The molecule has 176 valence electrons. The first kappa shape index (κ1) is 22.4. The second-order valence-corrected chi connectivity index (χ2v) is 9.48. The molecule has 2 N–H and O–H groups in total. The van der Waals surface area contributed by atoms with Crippen LogP contribution in [0.2, 0.25) is 0 Å². The van der Waals surface area contributed by atoms with E-state index >= 15 is 0 Å². The predicted molar refractivity (Wildman–Crippen MR) is 130 cm³/mol. The summed E-state index contributed by atoms with van der Waals surface area (Å²) in [6.45, 7) is 4.17.